The van der Waals surface area contributed by atoms with E-state index in [4.69, 9.17) is 5.73 Å². The van der Waals surface area contributed by atoms with Gasteiger partial charge in [0.05, 0.1) is 5.54 Å². The van der Waals surface area contributed by atoms with Gasteiger partial charge in [0.25, 0.3) is 0 Å². The van der Waals surface area contributed by atoms with Gasteiger partial charge in [0.1, 0.15) is 11.6 Å². The zero-order valence-corrected chi connectivity index (χ0v) is 9.79. The summed E-state index contributed by atoms with van der Waals surface area (Å²) >= 11 is 0. The van der Waals surface area contributed by atoms with E-state index in [9.17, 15) is 8.78 Å². The molecule has 0 fully saturated rings. The largest absolute Gasteiger partial charge is 0.318 e. The summed E-state index contributed by atoms with van der Waals surface area (Å²) in [5.74, 6) is -0.517. The first kappa shape index (κ1) is 11.4. The summed E-state index contributed by atoms with van der Waals surface area (Å²) in [7, 11) is 0. The summed E-state index contributed by atoms with van der Waals surface area (Å²) in [5, 5.41) is 0. The molecule has 18 heavy (non-hydrogen) atoms. The fourth-order valence-electron chi connectivity index (χ4n) is 2.72. The molecule has 1 aliphatic rings. The average molecular weight is 245 g/mol. The van der Waals surface area contributed by atoms with Gasteiger partial charge in [-0.05, 0) is 53.8 Å². The van der Waals surface area contributed by atoms with Gasteiger partial charge in [0, 0.05) is 0 Å². The Hall–Kier alpha value is -1.74. The van der Waals surface area contributed by atoms with E-state index in [2.05, 4.69) is 0 Å². The van der Waals surface area contributed by atoms with Crippen LogP contribution in [0.5, 0.6) is 0 Å². The van der Waals surface area contributed by atoms with E-state index in [-0.39, 0.29) is 11.6 Å². The Balaban J connectivity index is 2.11. The number of benzene rings is 2. The Morgan fingerprint density at radius 2 is 1.61 bits per heavy atom. The van der Waals surface area contributed by atoms with Crippen molar-refractivity contribution in [2.24, 2.45) is 5.73 Å². The third-order valence-corrected chi connectivity index (χ3v) is 3.70. The smallest absolute Gasteiger partial charge is 0.123 e. The standard InChI is InChI=1S/C15H13F2N/c16-12-3-1-11(2-4-12)15(18)8-7-10-9-13(17)5-6-14(10)15/h1-6,9H,7-8,18H2. The normalized spacial score (nSPS) is 21.9. The molecule has 1 aliphatic carbocycles. The lowest BCUT2D eigenvalue weighted by Gasteiger charge is -2.26. The van der Waals surface area contributed by atoms with E-state index < -0.39 is 5.54 Å². The number of aryl methyl sites for hydroxylation is 1. The molecule has 92 valence electrons. The molecule has 0 amide bonds. The molecule has 3 rings (SSSR count). The summed E-state index contributed by atoms with van der Waals surface area (Å²) in [6, 6.07) is 10.9. The minimum atomic E-state index is -0.628. The fraction of sp³-hybridized carbons (Fsp3) is 0.200. The maximum Gasteiger partial charge on any atom is 0.123 e. The Morgan fingerprint density at radius 1 is 0.944 bits per heavy atom. The molecule has 1 nitrogen and oxygen atoms in total. The number of fused-ring (bicyclic) bond motifs is 1. The number of hydrogen-bond acceptors (Lipinski definition) is 1. The zero-order chi connectivity index (χ0) is 12.8. The van der Waals surface area contributed by atoms with Crippen LogP contribution in [0.2, 0.25) is 0 Å². The zero-order valence-electron chi connectivity index (χ0n) is 9.79. The Bertz CT molecular complexity index is 592. The molecule has 0 saturated heterocycles. The number of hydrogen-bond donors (Lipinski definition) is 1. The van der Waals surface area contributed by atoms with Gasteiger partial charge in [-0.15, -0.1) is 0 Å². The Kier molecular flexibility index (Phi) is 2.45. The molecular weight excluding hydrogens is 232 g/mol. The molecule has 0 radical (unpaired) electrons. The van der Waals surface area contributed by atoms with E-state index in [1.807, 2.05) is 0 Å². The molecular formula is C15H13F2N. The first-order valence-corrected chi connectivity index (χ1v) is 5.93. The molecule has 1 unspecified atom stereocenters. The summed E-state index contributed by atoms with van der Waals surface area (Å²) in [6.07, 6.45) is 1.47. The van der Waals surface area contributed by atoms with E-state index in [0.717, 1.165) is 29.5 Å². The van der Waals surface area contributed by atoms with Gasteiger partial charge in [-0.3, -0.25) is 0 Å². The Morgan fingerprint density at radius 3 is 2.33 bits per heavy atom. The van der Waals surface area contributed by atoms with Crippen LogP contribution < -0.4 is 5.73 Å². The van der Waals surface area contributed by atoms with Gasteiger partial charge in [-0.2, -0.15) is 0 Å². The minimum Gasteiger partial charge on any atom is -0.318 e. The van der Waals surface area contributed by atoms with Crippen LogP contribution in [-0.4, -0.2) is 0 Å². The molecule has 1 atom stereocenters. The second-order valence-corrected chi connectivity index (χ2v) is 4.78. The molecule has 2 aromatic rings. The van der Waals surface area contributed by atoms with Crippen LogP contribution in [0.15, 0.2) is 42.5 Å². The van der Waals surface area contributed by atoms with Crippen LogP contribution in [0.1, 0.15) is 23.1 Å². The van der Waals surface area contributed by atoms with Crippen LogP contribution in [0.25, 0.3) is 0 Å². The first-order chi connectivity index (χ1) is 8.59. The fourth-order valence-corrected chi connectivity index (χ4v) is 2.72. The lowest BCUT2D eigenvalue weighted by molar-refractivity contribution is 0.532. The molecule has 0 saturated carbocycles. The Labute approximate surface area is 104 Å². The molecule has 0 aromatic heterocycles. The van der Waals surface area contributed by atoms with Crippen molar-refractivity contribution in [1.29, 1.82) is 0 Å². The van der Waals surface area contributed by atoms with E-state index in [1.165, 1.54) is 24.3 Å². The molecule has 0 heterocycles. The monoisotopic (exact) mass is 245 g/mol. The van der Waals surface area contributed by atoms with Crippen molar-refractivity contribution in [1.82, 2.24) is 0 Å². The number of rotatable bonds is 1. The van der Waals surface area contributed by atoms with Crippen molar-refractivity contribution in [2.75, 3.05) is 0 Å². The quantitative estimate of drug-likeness (QED) is 0.820. The van der Waals surface area contributed by atoms with Crippen molar-refractivity contribution in [3.05, 3.63) is 70.8 Å². The molecule has 0 spiro atoms. The van der Waals surface area contributed by atoms with Gasteiger partial charge in [-0.25, -0.2) is 8.78 Å². The average Bonchev–Trinajstić information content (AvgIpc) is 2.68. The summed E-state index contributed by atoms with van der Waals surface area (Å²) < 4.78 is 26.1. The highest BCUT2D eigenvalue weighted by atomic mass is 19.1. The van der Waals surface area contributed by atoms with Gasteiger partial charge >= 0.3 is 0 Å². The predicted molar refractivity (Wildman–Crippen MR) is 66.1 cm³/mol. The lowest BCUT2D eigenvalue weighted by atomic mass is 9.85. The predicted octanol–water partition coefficient (Wildman–Crippen LogP) is 3.11. The first-order valence-electron chi connectivity index (χ1n) is 5.93. The van der Waals surface area contributed by atoms with Crippen LogP contribution in [-0.2, 0) is 12.0 Å². The van der Waals surface area contributed by atoms with Crippen LogP contribution in [0.4, 0.5) is 8.78 Å². The van der Waals surface area contributed by atoms with Crippen LogP contribution in [0, 0.1) is 11.6 Å². The third-order valence-electron chi connectivity index (χ3n) is 3.70. The minimum absolute atomic E-state index is 0.239. The van der Waals surface area contributed by atoms with Gasteiger partial charge in [0.15, 0.2) is 0 Å². The second-order valence-electron chi connectivity index (χ2n) is 4.78. The van der Waals surface area contributed by atoms with Crippen LogP contribution >= 0.6 is 0 Å². The van der Waals surface area contributed by atoms with E-state index in [0.29, 0.717) is 0 Å². The van der Waals surface area contributed by atoms with Crippen molar-refractivity contribution in [3.8, 4) is 0 Å². The van der Waals surface area contributed by atoms with Crippen molar-refractivity contribution in [2.45, 2.75) is 18.4 Å². The highest BCUT2D eigenvalue weighted by Crippen LogP contribution is 2.40. The highest BCUT2D eigenvalue weighted by Gasteiger charge is 2.36. The van der Waals surface area contributed by atoms with E-state index in [1.54, 1.807) is 18.2 Å². The van der Waals surface area contributed by atoms with Crippen LogP contribution in [0.3, 0.4) is 0 Å². The van der Waals surface area contributed by atoms with Gasteiger partial charge < -0.3 is 5.73 Å². The van der Waals surface area contributed by atoms with Crippen molar-refractivity contribution in [3.63, 3.8) is 0 Å². The molecule has 2 N–H and O–H groups in total. The number of halogens is 2. The van der Waals surface area contributed by atoms with E-state index >= 15 is 0 Å². The molecule has 2 aromatic carbocycles. The number of nitrogens with two attached hydrogens (primary N) is 1. The molecule has 0 aliphatic heterocycles. The maximum atomic E-state index is 13.2. The summed E-state index contributed by atoms with van der Waals surface area (Å²) in [4.78, 5) is 0. The molecule has 3 heteroatoms. The highest BCUT2D eigenvalue weighted by molar-refractivity contribution is 5.46. The topological polar surface area (TPSA) is 26.0 Å². The molecule has 0 bridgehead atoms. The third kappa shape index (κ3) is 1.63. The van der Waals surface area contributed by atoms with Gasteiger partial charge in [0.2, 0.25) is 0 Å². The van der Waals surface area contributed by atoms with Crippen molar-refractivity contribution >= 4 is 0 Å². The SMILES string of the molecule is NC1(c2ccc(F)cc2)CCc2cc(F)ccc21. The van der Waals surface area contributed by atoms with Crippen molar-refractivity contribution < 1.29 is 8.78 Å². The lowest BCUT2D eigenvalue weighted by Crippen LogP contribution is -2.35. The second kappa shape index (κ2) is 3.89. The summed E-state index contributed by atoms with van der Waals surface area (Å²) in [5.41, 5.74) is 8.58. The summed E-state index contributed by atoms with van der Waals surface area (Å²) in [6.45, 7) is 0. The van der Waals surface area contributed by atoms with Gasteiger partial charge in [-0.1, -0.05) is 18.2 Å². The maximum absolute atomic E-state index is 13.2.